The summed E-state index contributed by atoms with van der Waals surface area (Å²) < 4.78 is 11.3. The van der Waals surface area contributed by atoms with Crippen LogP contribution in [-0.2, 0) is 16.6 Å². The summed E-state index contributed by atoms with van der Waals surface area (Å²) in [6, 6.07) is 22.8. The van der Waals surface area contributed by atoms with Crippen LogP contribution >= 0.6 is 11.6 Å². The Bertz CT molecular complexity index is 1100. The number of hydrogen-bond acceptors (Lipinski definition) is 4. The van der Waals surface area contributed by atoms with Gasteiger partial charge in [-0.2, -0.15) is 5.26 Å². The van der Waals surface area contributed by atoms with Gasteiger partial charge in [-0.3, -0.25) is 4.79 Å². The lowest BCUT2D eigenvalue weighted by atomic mass is 9.81. The average Bonchev–Trinajstić information content (AvgIpc) is 2.71. The van der Waals surface area contributed by atoms with Crippen molar-refractivity contribution in [2.75, 3.05) is 0 Å². The summed E-state index contributed by atoms with van der Waals surface area (Å²) in [5, 5.41) is 10.3. The fourth-order valence-electron chi connectivity index (χ4n) is 3.30. The van der Waals surface area contributed by atoms with Crippen molar-refractivity contribution in [2.45, 2.75) is 32.6 Å². The molecule has 0 aliphatic heterocycles. The highest BCUT2D eigenvalue weighted by molar-refractivity contribution is 6.31. The van der Waals surface area contributed by atoms with Gasteiger partial charge in [0.1, 0.15) is 17.2 Å². The molecule has 0 fully saturated rings. The Kier molecular flexibility index (Phi) is 6.44. The standard InChI is InChI=1S/C25H22ClNO3/c1-17(28)29-23-13-12-22(26)21(24(23)25(2,3)16-27)15-18-8-7-11-20(14-18)30-19-9-5-4-6-10-19/h4-14H,15H2,1-3H3. The first kappa shape index (κ1) is 21.4. The molecular weight excluding hydrogens is 398 g/mol. The lowest BCUT2D eigenvalue weighted by molar-refractivity contribution is -0.131. The number of halogens is 1. The van der Waals surface area contributed by atoms with E-state index in [1.54, 1.807) is 26.0 Å². The van der Waals surface area contributed by atoms with Crippen molar-refractivity contribution in [2.24, 2.45) is 0 Å². The number of carbonyl (C=O) groups excluding carboxylic acids is 1. The van der Waals surface area contributed by atoms with E-state index in [0.717, 1.165) is 16.9 Å². The lowest BCUT2D eigenvalue weighted by Crippen LogP contribution is -2.20. The van der Waals surface area contributed by atoms with Crippen LogP contribution in [0.15, 0.2) is 66.7 Å². The molecule has 3 aromatic carbocycles. The van der Waals surface area contributed by atoms with E-state index in [9.17, 15) is 10.1 Å². The zero-order valence-electron chi connectivity index (χ0n) is 17.1. The Morgan fingerprint density at radius 1 is 1.03 bits per heavy atom. The molecule has 152 valence electrons. The molecule has 0 aliphatic rings. The highest BCUT2D eigenvalue weighted by Crippen LogP contribution is 2.39. The minimum absolute atomic E-state index is 0.352. The van der Waals surface area contributed by atoms with Crippen molar-refractivity contribution in [1.82, 2.24) is 0 Å². The average molecular weight is 420 g/mol. The molecule has 0 N–H and O–H groups in total. The molecule has 0 saturated heterocycles. The van der Waals surface area contributed by atoms with E-state index in [2.05, 4.69) is 6.07 Å². The molecule has 0 heterocycles. The first-order valence-electron chi connectivity index (χ1n) is 9.53. The van der Waals surface area contributed by atoms with E-state index in [1.165, 1.54) is 6.92 Å². The number of benzene rings is 3. The van der Waals surface area contributed by atoms with Gasteiger partial charge in [0.15, 0.2) is 0 Å². The van der Waals surface area contributed by atoms with Gasteiger partial charge in [-0.25, -0.2) is 0 Å². The monoisotopic (exact) mass is 419 g/mol. The molecule has 0 atom stereocenters. The number of rotatable bonds is 6. The van der Waals surface area contributed by atoms with Gasteiger partial charge in [-0.05, 0) is 67.8 Å². The molecule has 0 bridgehead atoms. The SMILES string of the molecule is CC(=O)Oc1ccc(Cl)c(Cc2cccc(Oc3ccccc3)c2)c1C(C)(C)C#N. The Morgan fingerprint density at radius 2 is 1.73 bits per heavy atom. The molecular formula is C25H22ClNO3. The molecule has 0 saturated carbocycles. The van der Waals surface area contributed by atoms with Gasteiger partial charge < -0.3 is 9.47 Å². The van der Waals surface area contributed by atoms with Crippen LogP contribution in [0.3, 0.4) is 0 Å². The third kappa shape index (κ3) is 5.00. The maximum Gasteiger partial charge on any atom is 0.308 e. The largest absolute Gasteiger partial charge is 0.457 e. The third-order valence-electron chi connectivity index (χ3n) is 4.63. The molecule has 4 nitrogen and oxygen atoms in total. The van der Waals surface area contributed by atoms with Crippen molar-refractivity contribution in [3.63, 3.8) is 0 Å². The Balaban J connectivity index is 2.01. The number of carbonyl (C=O) groups is 1. The van der Waals surface area contributed by atoms with Crippen molar-refractivity contribution in [1.29, 1.82) is 5.26 Å². The summed E-state index contributed by atoms with van der Waals surface area (Å²) in [5.74, 6) is 1.35. The van der Waals surface area contributed by atoms with Crippen LogP contribution < -0.4 is 9.47 Å². The van der Waals surface area contributed by atoms with Crippen molar-refractivity contribution in [3.05, 3.63) is 88.4 Å². The molecule has 0 aromatic heterocycles. The summed E-state index contributed by atoms with van der Waals surface area (Å²) in [6.45, 7) is 4.90. The Labute approximate surface area is 181 Å². The van der Waals surface area contributed by atoms with Gasteiger partial charge in [0.05, 0.1) is 11.5 Å². The summed E-state index contributed by atoms with van der Waals surface area (Å²) in [6.07, 6.45) is 0.459. The normalized spacial score (nSPS) is 10.9. The number of nitrogens with zero attached hydrogens (tertiary/aromatic N) is 1. The molecule has 0 aliphatic carbocycles. The summed E-state index contributed by atoms with van der Waals surface area (Å²) >= 11 is 6.54. The quantitative estimate of drug-likeness (QED) is 0.340. The van der Waals surface area contributed by atoms with Crippen molar-refractivity contribution in [3.8, 4) is 23.3 Å². The second kappa shape index (κ2) is 9.02. The molecule has 0 radical (unpaired) electrons. The predicted molar refractivity (Wildman–Crippen MR) is 117 cm³/mol. The highest BCUT2D eigenvalue weighted by Gasteiger charge is 2.29. The zero-order valence-corrected chi connectivity index (χ0v) is 17.9. The van der Waals surface area contributed by atoms with Crippen molar-refractivity contribution < 1.29 is 14.3 Å². The Hall–Kier alpha value is -3.29. The highest BCUT2D eigenvalue weighted by atomic mass is 35.5. The molecule has 0 amide bonds. The van der Waals surface area contributed by atoms with E-state index in [-0.39, 0.29) is 0 Å². The molecule has 0 spiro atoms. The second-order valence-electron chi connectivity index (χ2n) is 7.47. The van der Waals surface area contributed by atoms with Gasteiger partial charge in [0.25, 0.3) is 0 Å². The second-order valence-corrected chi connectivity index (χ2v) is 7.88. The van der Waals surface area contributed by atoms with Crippen molar-refractivity contribution >= 4 is 17.6 Å². The molecule has 30 heavy (non-hydrogen) atoms. The van der Waals surface area contributed by atoms with Gasteiger partial charge in [0, 0.05) is 17.5 Å². The van der Waals surface area contributed by atoms with Gasteiger partial charge in [-0.1, -0.05) is 41.9 Å². The third-order valence-corrected chi connectivity index (χ3v) is 4.99. The van der Waals surface area contributed by atoms with Crippen LogP contribution in [0.2, 0.25) is 5.02 Å². The molecule has 0 unspecified atom stereocenters. The van der Waals surface area contributed by atoms with Crippen LogP contribution in [0.1, 0.15) is 37.5 Å². The van der Waals surface area contributed by atoms with E-state index in [4.69, 9.17) is 21.1 Å². The van der Waals surface area contributed by atoms with Gasteiger partial charge in [-0.15, -0.1) is 0 Å². The fourth-order valence-corrected chi connectivity index (χ4v) is 3.53. The summed E-state index contributed by atoms with van der Waals surface area (Å²) in [5.41, 5.74) is 1.42. The molecule has 3 aromatic rings. The first-order chi connectivity index (χ1) is 14.3. The minimum Gasteiger partial charge on any atom is -0.457 e. The predicted octanol–water partition coefficient (Wildman–Crippen LogP) is 6.45. The summed E-state index contributed by atoms with van der Waals surface area (Å²) in [7, 11) is 0. The number of hydrogen-bond donors (Lipinski definition) is 0. The van der Waals surface area contributed by atoms with Crippen LogP contribution in [-0.4, -0.2) is 5.97 Å². The number of esters is 1. The maximum absolute atomic E-state index is 11.6. The lowest BCUT2D eigenvalue weighted by Gasteiger charge is -2.24. The molecule has 5 heteroatoms. The number of ether oxygens (including phenoxy) is 2. The maximum atomic E-state index is 11.6. The smallest absolute Gasteiger partial charge is 0.308 e. The molecule has 3 rings (SSSR count). The fraction of sp³-hybridized carbons (Fsp3) is 0.200. The van der Waals surface area contributed by atoms with E-state index in [0.29, 0.717) is 28.5 Å². The van der Waals surface area contributed by atoms with E-state index in [1.807, 2.05) is 54.6 Å². The van der Waals surface area contributed by atoms with Crippen LogP contribution in [0, 0.1) is 11.3 Å². The zero-order chi connectivity index (χ0) is 21.7. The summed E-state index contributed by atoms with van der Waals surface area (Å²) in [4.78, 5) is 11.6. The first-order valence-corrected chi connectivity index (χ1v) is 9.91. The Morgan fingerprint density at radius 3 is 2.40 bits per heavy atom. The topological polar surface area (TPSA) is 59.3 Å². The van der Waals surface area contributed by atoms with E-state index >= 15 is 0 Å². The minimum atomic E-state index is -0.900. The van der Waals surface area contributed by atoms with Crippen LogP contribution in [0.25, 0.3) is 0 Å². The number of para-hydroxylation sites is 1. The van der Waals surface area contributed by atoms with Gasteiger partial charge >= 0.3 is 5.97 Å². The number of nitriles is 1. The van der Waals surface area contributed by atoms with Gasteiger partial charge in [0.2, 0.25) is 0 Å². The van der Waals surface area contributed by atoms with Crippen LogP contribution in [0.5, 0.6) is 17.2 Å². The van der Waals surface area contributed by atoms with Crippen LogP contribution in [0.4, 0.5) is 0 Å². The van der Waals surface area contributed by atoms with E-state index < -0.39 is 11.4 Å².